The first kappa shape index (κ1) is 18.4. The predicted molar refractivity (Wildman–Crippen MR) is 116 cm³/mol. The van der Waals surface area contributed by atoms with Gasteiger partial charge in [-0.2, -0.15) is 9.78 Å². The Morgan fingerprint density at radius 3 is 2.46 bits per heavy atom. The molecule has 1 aliphatic carbocycles. The molecule has 0 aliphatic heterocycles. The molecule has 1 aliphatic rings. The molecule has 3 aromatic rings. The third kappa shape index (κ3) is 3.70. The van der Waals surface area contributed by atoms with Crippen LogP contribution in [0, 0.1) is 0 Å². The Bertz CT molecular complexity index is 1040. The molecular weight excluding hydrogens is 348 g/mol. The van der Waals surface area contributed by atoms with Crippen molar-refractivity contribution in [3.05, 3.63) is 70.3 Å². The van der Waals surface area contributed by atoms with Crippen molar-refractivity contribution < 1.29 is 0 Å². The highest BCUT2D eigenvalue weighted by atomic mass is 16.1. The number of fused-ring (bicyclic) bond motifs is 1. The second-order valence-corrected chi connectivity index (χ2v) is 7.67. The molecule has 28 heavy (non-hydrogen) atoms. The molecule has 0 radical (unpaired) electrons. The zero-order chi connectivity index (χ0) is 19.5. The van der Waals surface area contributed by atoms with Crippen LogP contribution in [0.5, 0.6) is 0 Å². The van der Waals surface area contributed by atoms with Gasteiger partial charge in [0.1, 0.15) is 5.82 Å². The van der Waals surface area contributed by atoms with Gasteiger partial charge >= 0.3 is 0 Å². The molecule has 5 heteroatoms. The van der Waals surface area contributed by atoms with E-state index >= 15 is 0 Å². The van der Waals surface area contributed by atoms with E-state index in [1.165, 1.54) is 23.9 Å². The molecule has 0 spiro atoms. The van der Waals surface area contributed by atoms with Crippen molar-refractivity contribution in [2.24, 2.45) is 5.10 Å². The summed E-state index contributed by atoms with van der Waals surface area (Å²) >= 11 is 0. The first-order valence-electron chi connectivity index (χ1n) is 9.97. The zero-order valence-electron chi connectivity index (χ0n) is 16.5. The molecule has 4 rings (SSSR count). The van der Waals surface area contributed by atoms with Gasteiger partial charge in [-0.25, -0.2) is 4.98 Å². The van der Waals surface area contributed by atoms with Gasteiger partial charge in [-0.1, -0.05) is 43.5 Å². The smallest absolute Gasteiger partial charge is 0.282 e. The van der Waals surface area contributed by atoms with Gasteiger partial charge in [-0.15, -0.1) is 0 Å². The van der Waals surface area contributed by atoms with Gasteiger partial charge < -0.3 is 4.90 Å². The maximum Gasteiger partial charge on any atom is 0.282 e. The number of nitrogens with zero attached hydrogens (tertiary/aromatic N) is 4. The van der Waals surface area contributed by atoms with Crippen LogP contribution in [0.1, 0.15) is 49.4 Å². The standard InChI is InChI=1S/C23H26N4O/c1-26(2)19-14-12-17(13-15-19)16-24-27-22(18-8-4-3-5-9-18)25-21-11-7-6-10-20(21)23(27)28/h6-7,10-16,18H,3-5,8-9H2,1-2H3. The third-order valence-electron chi connectivity index (χ3n) is 5.48. The van der Waals surface area contributed by atoms with E-state index in [2.05, 4.69) is 10.0 Å². The summed E-state index contributed by atoms with van der Waals surface area (Å²) in [7, 11) is 4.03. The molecule has 0 unspecified atom stereocenters. The lowest BCUT2D eigenvalue weighted by atomic mass is 9.88. The van der Waals surface area contributed by atoms with Crippen LogP contribution in [0.25, 0.3) is 10.9 Å². The Balaban J connectivity index is 1.77. The summed E-state index contributed by atoms with van der Waals surface area (Å²) < 4.78 is 1.53. The fourth-order valence-corrected chi connectivity index (χ4v) is 3.86. The van der Waals surface area contributed by atoms with Crippen LogP contribution in [0.4, 0.5) is 5.69 Å². The van der Waals surface area contributed by atoms with Gasteiger partial charge in [0.25, 0.3) is 5.56 Å². The molecule has 1 saturated carbocycles. The lowest BCUT2D eigenvalue weighted by Gasteiger charge is -2.22. The van der Waals surface area contributed by atoms with Crippen LogP contribution in [-0.4, -0.2) is 30.0 Å². The largest absolute Gasteiger partial charge is 0.378 e. The SMILES string of the molecule is CN(C)c1ccc(C=Nn2c(C3CCCCC3)nc3ccccc3c2=O)cc1. The van der Waals surface area contributed by atoms with E-state index < -0.39 is 0 Å². The van der Waals surface area contributed by atoms with Crippen molar-refractivity contribution >= 4 is 22.8 Å². The van der Waals surface area contributed by atoms with E-state index in [1.54, 1.807) is 6.21 Å². The summed E-state index contributed by atoms with van der Waals surface area (Å²) in [5.74, 6) is 1.09. The maximum absolute atomic E-state index is 13.2. The summed E-state index contributed by atoms with van der Waals surface area (Å²) in [6.07, 6.45) is 7.52. The van der Waals surface area contributed by atoms with Crippen molar-refractivity contribution in [2.45, 2.75) is 38.0 Å². The van der Waals surface area contributed by atoms with Gasteiger partial charge in [0.05, 0.1) is 17.1 Å². The normalized spacial score (nSPS) is 15.4. The average Bonchev–Trinajstić information content (AvgIpc) is 2.74. The number of hydrogen-bond donors (Lipinski definition) is 0. The molecule has 0 atom stereocenters. The summed E-state index contributed by atoms with van der Waals surface area (Å²) in [4.78, 5) is 20.1. The Kier molecular flexibility index (Phi) is 5.24. The lowest BCUT2D eigenvalue weighted by molar-refractivity contribution is 0.416. The Labute approximate surface area is 165 Å². The Hall–Kier alpha value is -2.95. The fraction of sp³-hybridized carbons (Fsp3) is 0.348. The topological polar surface area (TPSA) is 50.5 Å². The lowest BCUT2D eigenvalue weighted by Crippen LogP contribution is -2.25. The molecule has 144 valence electrons. The van der Waals surface area contributed by atoms with E-state index in [-0.39, 0.29) is 5.56 Å². The molecule has 2 aromatic carbocycles. The molecular formula is C23H26N4O. The summed E-state index contributed by atoms with van der Waals surface area (Å²) in [6.45, 7) is 0. The highest BCUT2D eigenvalue weighted by molar-refractivity contribution is 5.81. The minimum Gasteiger partial charge on any atom is -0.378 e. The molecule has 0 bridgehead atoms. The van der Waals surface area contributed by atoms with Crippen molar-refractivity contribution in [2.75, 3.05) is 19.0 Å². The molecule has 1 aromatic heterocycles. The monoisotopic (exact) mass is 374 g/mol. The second kappa shape index (κ2) is 7.97. The van der Waals surface area contributed by atoms with Crippen molar-refractivity contribution in [3.63, 3.8) is 0 Å². The first-order chi connectivity index (χ1) is 13.6. The van der Waals surface area contributed by atoms with E-state index in [9.17, 15) is 4.79 Å². The summed E-state index contributed by atoms with van der Waals surface area (Å²) in [5.41, 5.74) is 2.76. The molecule has 5 nitrogen and oxygen atoms in total. The van der Waals surface area contributed by atoms with Crippen LogP contribution < -0.4 is 10.5 Å². The number of hydrogen-bond acceptors (Lipinski definition) is 4. The first-order valence-corrected chi connectivity index (χ1v) is 9.97. The second-order valence-electron chi connectivity index (χ2n) is 7.67. The van der Waals surface area contributed by atoms with E-state index in [0.717, 1.165) is 35.4 Å². The highest BCUT2D eigenvalue weighted by Crippen LogP contribution is 2.31. The summed E-state index contributed by atoms with van der Waals surface area (Å²) in [6, 6.07) is 15.7. The molecule has 0 N–H and O–H groups in total. The fourth-order valence-electron chi connectivity index (χ4n) is 3.86. The number of anilines is 1. The minimum atomic E-state index is -0.0904. The van der Waals surface area contributed by atoms with Crippen LogP contribution in [0.3, 0.4) is 0 Å². The van der Waals surface area contributed by atoms with Crippen molar-refractivity contribution in [1.29, 1.82) is 0 Å². The van der Waals surface area contributed by atoms with E-state index in [1.807, 2.05) is 62.6 Å². The van der Waals surface area contributed by atoms with Gasteiger partial charge in [-0.3, -0.25) is 4.79 Å². The third-order valence-corrected chi connectivity index (χ3v) is 5.48. The van der Waals surface area contributed by atoms with Gasteiger partial charge in [-0.05, 0) is 42.7 Å². The van der Waals surface area contributed by atoms with E-state index in [4.69, 9.17) is 4.98 Å². The van der Waals surface area contributed by atoms with Crippen LogP contribution in [0.15, 0.2) is 58.4 Å². The minimum absolute atomic E-state index is 0.0904. The molecule has 0 saturated heterocycles. The van der Waals surface area contributed by atoms with Crippen LogP contribution >= 0.6 is 0 Å². The number of benzene rings is 2. The number of rotatable bonds is 4. The highest BCUT2D eigenvalue weighted by Gasteiger charge is 2.22. The number of aromatic nitrogens is 2. The van der Waals surface area contributed by atoms with E-state index in [0.29, 0.717) is 11.3 Å². The Morgan fingerprint density at radius 1 is 1.04 bits per heavy atom. The van der Waals surface area contributed by atoms with Crippen molar-refractivity contribution in [3.8, 4) is 0 Å². The zero-order valence-corrected chi connectivity index (χ0v) is 16.5. The maximum atomic E-state index is 13.2. The summed E-state index contributed by atoms with van der Waals surface area (Å²) in [5, 5.41) is 5.19. The molecule has 0 amide bonds. The van der Waals surface area contributed by atoms with Gasteiger partial charge in [0.2, 0.25) is 0 Å². The average molecular weight is 374 g/mol. The van der Waals surface area contributed by atoms with Crippen LogP contribution in [-0.2, 0) is 0 Å². The van der Waals surface area contributed by atoms with Gasteiger partial charge in [0, 0.05) is 25.7 Å². The van der Waals surface area contributed by atoms with Gasteiger partial charge in [0.15, 0.2) is 0 Å². The quantitative estimate of drug-likeness (QED) is 0.636. The predicted octanol–water partition coefficient (Wildman–Crippen LogP) is 4.39. The molecule has 1 heterocycles. The molecule has 1 fully saturated rings. The van der Waals surface area contributed by atoms with Crippen molar-refractivity contribution in [1.82, 2.24) is 9.66 Å². The Morgan fingerprint density at radius 2 is 1.75 bits per heavy atom. The number of para-hydroxylation sites is 1. The van der Waals surface area contributed by atoms with Crippen LogP contribution in [0.2, 0.25) is 0 Å².